The van der Waals surface area contributed by atoms with Gasteiger partial charge in [0.2, 0.25) is 0 Å². The van der Waals surface area contributed by atoms with Crippen LogP contribution in [0, 0.1) is 0 Å². The molecule has 0 aromatic heterocycles. The molecular formula is C23H25NO3. The van der Waals surface area contributed by atoms with Crippen molar-refractivity contribution in [2.75, 3.05) is 27.4 Å². The van der Waals surface area contributed by atoms with Crippen LogP contribution in [0.25, 0.3) is 22.3 Å². The first-order chi connectivity index (χ1) is 13.3. The van der Waals surface area contributed by atoms with Gasteiger partial charge >= 0.3 is 0 Å². The van der Waals surface area contributed by atoms with Crippen molar-refractivity contribution in [1.82, 2.24) is 0 Å². The van der Waals surface area contributed by atoms with E-state index in [-0.39, 0.29) is 0 Å². The summed E-state index contributed by atoms with van der Waals surface area (Å²) in [5, 5.41) is 0. The Morgan fingerprint density at radius 3 is 1.96 bits per heavy atom. The third kappa shape index (κ3) is 4.13. The second kappa shape index (κ2) is 9.21. The summed E-state index contributed by atoms with van der Waals surface area (Å²) in [5.41, 5.74) is 10.9. The largest absolute Gasteiger partial charge is 0.496 e. The highest BCUT2D eigenvalue weighted by Gasteiger charge is 2.18. The van der Waals surface area contributed by atoms with Gasteiger partial charge in [-0.25, -0.2) is 0 Å². The molecule has 3 aromatic carbocycles. The lowest BCUT2D eigenvalue weighted by molar-refractivity contribution is 0.128. The summed E-state index contributed by atoms with van der Waals surface area (Å²) in [5.74, 6) is 1.65. The maximum atomic E-state index is 5.75. The summed E-state index contributed by atoms with van der Waals surface area (Å²) in [6, 6.07) is 22.3. The maximum Gasteiger partial charge on any atom is 0.126 e. The van der Waals surface area contributed by atoms with Crippen molar-refractivity contribution in [3.05, 3.63) is 72.3 Å². The van der Waals surface area contributed by atoms with E-state index in [1.54, 1.807) is 14.2 Å². The van der Waals surface area contributed by atoms with Gasteiger partial charge in [0.15, 0.2) is 0 Å². The molecule has 0 aliphatic rings. The number of ether oxygens (including phenoxy) is 3. The Balaban J connectivity index is 2.23. The van der Waals surface area contributed by atoms with Gasteiger partial charge in [0.25, 0.3) is 0 Å². The molecule has 0 aliphatic carbocycles. The summed E-state index contributed by atoms with van der Waals surface area (Å²) in [6.07, 6.45) is 0. The van der Waals surface area contributed by atoms with Gasteiger partial charge in [-0.15, -0.1) is 0 Å². The fraction of sp³-hybridized carbons (Fsp3) is 0.217. The van der Waals surface area contributed by atoms with Gasteiger partial charge in [-0.3, -0.25) is 0 Å². The van der Waals surface area contributed by atoms with Crippen molar-refractivity contribution in [1.29, 1.82) is 0 Å². The smallest absolute Gasteiger partial charge is 0.126 e. The molecule has 0 saturated carbocycles. The van der Waals surface area contributed by atoms with Crippen LogP contribution in [0.2, 0.25) is 0 Å². The van der Waals surface area contributed by atoms with Gasteiger partial charge in [0.1, 0.15) is 11.5 Å². The molecule has 3 aromatic rings. The van der Waals surface area contributed by atoms with E-state index in [4.69, 9.17) is 19.9 Å². The van der Waals surface area contributed by atoms with E-state index in [0.29, 0.717) is 19.8 Å². The quantitative estimate of drug-likeness (QED) is 0.598. The van der Waals surface area contributed by atoms with Crippen LogP contribution in [0.3, 0.4) is 0 Å². The van der Waals surface area contributed by atoms with Crippen LogP contribution in [0.15, 0.2) is 66.7 Å². The maximum absolute atomic E-state index is 5.75. The molecular weight excluding hydrogens is 338 g/mol. The van der Waals surface area contributed by atoms with Crippen molar-refractivity contribution in [2.45, 2.75) is 6.61 Å². The van der Waals surface area contributed by atoms with E-state index in [0.717, 1.165) is 39.3 Å². The van der Waals surface area contributed by atoms with Crippen molar-refractivity contribution in [3.8, 4) is 33.8 Å². The standard InChI is InChI=1S/C23H25NO3/c1-25-21-12-5-3-9-18(21)19-11-7-8-17(16-27-15-14-24)23(19)20-10-4-6-13-22(20)26-2/h3-13H,14-16,24H2,1-2H3. The molecule has 140 valence electrons. The van der Waals surface area contributed by atoms with Crippen LogP contribution in [-0.4, -0.2) is 27.4 Å². The normalized spacial score (nSPS) is 10.6. The molecule has 0 atom stereocenters. The van der Waals surface area contributed by atoms with Crippen molar-refractivity contribution in [2.24, 2.45) is 5.73 Å². The molecule has 0 saturated heterocycles. The summed E-state index contributed by atoms with van der Waals surface area (Å²) >= 11 is 0. The van der Waals surface area contributed by atoms with Crippen LogP contribution in [0.5, 0.6) is 11.5 Å². The average Bonchev–Trinajstić information content (AvgIpc) is 2.73. The third-order valence-electron chi connectivity index (χ3n) is 4.44. The van der Waals surface area contributed by atoms with Crippen LogP contribution in [-0.2, 0) is 11.3 Å². The molecule has 27 heavy (non-hydrogen) atoms. The second-order valence-corrected chi connectivity index (χ2v) is 6.08. The predicted octanol–water partition coefficient (Wildman–Crippen LogP) is 4.51. The third-order valence-corrected chi connectivity index (χ3v) is 4.44. The molecule has 3 rings (SSSR count). The highest BCUT2D eigenvalue weighted by Crippen LogP contribution is 2.42. The lowest BCUT2D eigenvalue weighted by atomic mass is 9.90. The molecule has 4 heteroatoms. The first-order valence-corrected chi connectivity index (χ1v) is 8.96. The van der Waals surface area contributed by atoms with Gasteiger partial charge in [-0.1, -0.05) is 54.6 Å². The number of nitrogens with two attached hydrogens (primary N) is 1. The summed E-state index contributed by atoms with van der Waals surface area (Å²) in [4.78, 5) is 0. The van der Waals surface area contributed by atoms with Gasteiger partial charge in [0.05, 0.1) is 27.4 Å². The van der Waals surface area contributed by atoms with Crippen molar-refractivity contribution >= 4 is 0 Å². The Kier molecular flexibility index (Phi) is 6.47. The van der Waals surface area contributed by atoms with Crippen LogP contribution >= 0.6 is 0 Å². The number of hydrogen-bond acceptors (Lipinski definition) is 4. The minimum absolute atomic E-state index is 0.480. The Morgan fingerprint density at radius 2 is 1.30 bits per heavy atom. The molecule has 0 unspecified atom stereocenters. The summed E-state index contributed by atoms with van der Waals surface area (Å²) in [7, 11) is 3.38. The lowest BCUT2D eigenvalue weighted by Crippen LogP contribution is -2.08. The van der Waals surface area contributed by atoms with Crippen molar-refractivity contribution in [3.63, 3.8) is 0 Å². The monoisotopic (exact) mass is 363 g/mol. The van der Waals surface area contributed by atoms with E-state index >= 15 is 0 Å². The number of para-hydroxylation sites is 2. The van der Waals surface area contributed by atoms with Crippen molar-refractivity contribution < 1.29 is 14.2 Å². The van der Waals surface area contributed by atoms with Crippen LogP contribution in [0.1, 0.15) is 5.56 Å². The van der Waals surface area contributed by atoms with Gasteiger partial charge in [-0.2, -0.15) is 0 Å². The second-order valence-electron chi connectivity index (χ2n) is 6.08. The summed E-state index contributed by atoms with van der Waals surface area (Å²) < 4.78 is 17.0. The number of rotatable bonds is 8. The molecule has 0 fully saturated rings. The van der Waals surface area contributed by atoms with E-state index in [1.807, 2.05) is 42.5 Å². The molecule has 0 spiro atoms. The highest BCUT2D eigenvalue weighted by molar-refractivity contribution is 5.90. The zero-order chi connectivity index (χ0) is 19.1. The molecule has 0 bridgehead atoms. The Hall–Kier alpha value is -2.82. The molecule has 0 heterocycles. The minimum Gasteiger partial charge on any atom is -0.496 e. The van der Waals surface area contributed by atoms with Gasteiger partial charge < -0.3 is 19.9 Å². The average molecular weight is 363 g/mol. The number of methoxy groups -OCH3 is 2. The zero-order valence-electron chi connectivity index (χ0n) is 15.8. The lowest BCUT2D eigenvalue weighted by Gasteiger charge is -2.19. The molecule has 2 N–H and O–H groups in total. The molecule has 4 nitrogen and oxygen atoms in total. The first kappa shape index (κ1) is 19.0. The Morgan fingerprint density at radius 1 is 0.704 bits per heavy atom. The van der Waals surface area contributed by atoms with Gasteiger partial charge in [-0.05, 0) is 28.8 Å². The summed E-state index contributed by atoms with van der Waals surface area (Å²) in [6.45, 7) is 1.49. The Labute approximate surface area is 160 Å². The molecule has 0 radical (unpaired) electrons. The van der Waals surface area contributed by atoms with Crippen LogP contribution < -0.4 is 15.2 Å². The van der Waals surface area contributed by atoms with E-state index < -0.39 is 0 Å². The van der Waals surface area contributed by atoms with Crippen LogP contribution in [0.4, 0.5) is 0 Å². The van der Waals surface area contributed by atoms with E-state index in [9.17, 15) is 0 Å². The Bertz CT molecular complexity index is 892. The predicted molar refractivity (Wildman–Crippen MR) is 109 cm³/mol. The number of hydrogen-bond donors (Lipinski definition) is 1. The zero-order valence-corrected chi connectivity index (χ0v) is 15.8. The molecule has 0 aliphatic heterocycles. The fourth-order valence-electron chi connectivity index (χ4n) is 3.25. The van der Waals surface area contributed by atoms with E-state index in [2.05, 4.69) is 24.3 Å². The topological polar surface area (TPSA) is 53.7 Å². The van der Waals surface area contributed by atoms with E-state index in [1.165, 1.54) is 0 Å². The minimum atomic E-state index is 0.480. The molecule has 0 amide bonds. The fourth-order valence-corrected chi connectivity index (χ4v) is 3.25. The van der Waals surface area contributed by atoms with Gasteiger partial charge in [0, 0.05) is 17.7 Å². The highest BCUT2D eigenvalue weighted by atomic mass is 16.5. The number of benzene rings is 3. The SMILES string of the molecule is COc1ccccc1-c1cccc(COCCN)c1-c1ccccc1OC. The first-order valence-electron chi connectivity index (χ1n) is 8.96.